The fourth-order valence-corrected chi connectivity index (χ4v) is 27.1. The zero-order valence-corrected chi connectivity index (χ0v) is 26.4. The van der Waals surface area contributed by atoms with Crippen LogP contribution in [0, 0.1) is 0 Å². The van der Waals surface area contributed by atoms with Crippen molar-refractivity contribution in [2.45, 2.75) is 47.0 Å². The molecular weight excluding hydrogens is 575 g/mol. The molecule has 0 radical (unpaired) electrons. The summed E-state index contributed by atoms with van der Waals surface area (Å²) in [5.74, 6) is 0. The molecule has 2 unspecified atom stereocenters. The average Bonchev–Trinajstić information content (AvgIpc) is 3.38. The van der Waals surface area contributed by atoms with Gasteiger partial charge in [0, 0.05) is 0 Å². The number of rotatable bonds is 4. The van der Waals surface area contributed by atoms with Crippen LogP contribution in [0.4, 0.5) is 0 Å². The van der Waals surface area contributed by atoms with E-state index in [0.717, 1.165) is 0 Å². The van der Waals surface area contributed by atoms with Crippen LogP contribution in [-0.4, -0.2) is 5.43 Å². The summed E-state index contributed by atoms with van der Waals surface area (Å²) in [5, 5.41) is 5.57. The molecule has 0 spiro atoms. The number of allylic oxidation sites excluding steroid dienone is 2. The summed E-state index contributed by atoms with van der Waals surface area (Å²) >= 11 is -2.01. The Morgan fingerprint density at radius 3 is 1.31 bits per heavy atom. The minimum Gasteiger partial charge on any atom is -1.00 e. The molecule has 0 aromatic heterocycles. The van der Waals surface area contributed by atoms with Crippen LogP contribution in [0.25, 0.3) is 33.7 Å². The maximum absolute atomic E-state index is 2.64. The van der Waals surface area contributed by atoms with E-state index in [1.165, 1.54) is 45.5 Å². The van der Waals surface area contributed by atoms with Crippen molar-refractivity contribution in [3.63, 3.8) is 0 Å². The Bertz CT molecular complexity index is 1450. The normalized spacial score (nSPS) is 17.3. The Balaban J connectivity index is 0.00000152. The molecule has 0 saturated carbocycles. The standard InChI is InChI=1S/2C15H13.C2H6Si.2ClH.Zr/c2*1-2-11-7-14-9-12-5-3-4-6-13(12)10-15(14)8-11;1-3-2;;;/h2*3-10H,2H2,1H3;1-2H3;2*1H;/q;;;;;+2/p-2. The van der Waals surface area contributed by atoms with E-state index < -0.39 is 25.8 Å². The van der Waals surface area contributed by atoms with Gasteiger partial charge in [0.05, 0.1) is 0 Å². The molecule has 0 saturated heterocycles. The van der Waals surface area contributed by atoms with Crippen LogP contribution in [0.3, 0.4) is 0 Å². The van der Waals surface area contributed by atoms with Crippen LogP contribution in [0.5, 0.6) is 0 Å². The molecule has 2 atom stereocenters. The largest absolute Gasteiger partial charge is 1.00 e. The third-order valence-corrected chi connectivity index (χ3v) is 27.5. The Hall–Kier alpha value is -1.44. The molecule has 4 aromatic rings. The van der Waals surface area contributed by atoms with Gasteiger partial charge in [-0.3, -0.25) is 0 Å². The summed E-state index contributed by atoms with van der Waals surface area (Å²) in [7, 11) is 0. The van der Waals surface area contributed by atoms with E-state index >= 15 is 0 Å². The predicted molar refractivity (Wildman–Crippen MR) is 147 cm³/mol. The molecule has 0 heterocycles. The van der Waals surface area contributed by atoms with E-state index in [2.05, 4.69) is 112 Å². The first-order chi connectivity index (χ1) is 16.6. The molecule has 6 rings (SSSR count). The molecule has 0 bridgehead atoms. The van der Waals surface area contributed by atoms with Gasteiger partial charge in [-0.25, -0.2) is 0 Å². The van der Waals surface area contributed by atoms with Crippen molar-refractivity contribution in [3.05, 3.63) is 106 Å². The van der Waals surface area contributed by atoms with Gasteiger partial charge in [0.25, 0.3) is 0 Å². The minimum absolute atomic E-state index is 0. The van der Waals surface area contributed by atoms with Gasteiger partial charge < -0.3 is 24.8 Å². The molecule has 2 aliphatic carbocycles. The summed E-state index contributed by atoms with van der Waals surface area (Å²) in [6.45, 7) is 10.0. The number of benzene rings is 4. The van der Waals surface area contributed by atoms with Gasteiger partial charge in [0.2, 0.25) is 0 Å². The fourth-order valence-electron chi connectivity index (χ4n) is 6.36. The van der Waals surface area contributed by atoms with Gasteiger partial charge in [-0.1, -0.05) is 0 Å². The SMILES string of the molecule is CCC1=Cc2cc3ccccc3cc2[CH]1[Zr+2]([CH]1C(CC)=Cc2cc3ccccc3cc21)=[Si](C)C.[Cl-].[Cl-]. The van der Waals surface area contributed by atoms with Crippen LogP contribution in [-0.2, 0) is 20.4 Å². The Kier molecular flexibility index (Phi) is 8.52. The van der Waals surface area contributed by atoms with Crippen molar-refractivity contribution >= 4 is 39.1 Å². The first-order valence-corrected chi connectivity index (χ1v) is 21.7. The Labute approximate surface area is 235 Å². The van der Waals surface area contributed by atoms with Crippen LogP contribution in [0.15, 0.2) is 83.9 Å². The van der Waals surface area contributed by atoms with E-state index in [0.29, 0.717) is 7.25 Å². The zero-order valence-electron chi connectivity index (χ0n) is 21.4. The monoisotopic (exact) mass is 604 g/mol. The van der Waals surface area contributed by atoms with Gasteiger partial charge in [-0.15, -0.1) is 0 Å². The second kappa shape index (κ2) is 11.1. The summed E-state index contributed by atoms with van der Waals surface area (Å²) in [4.78, 5) is 0. The summed E-state index contributed by atoms with van der Waals surface area (Å²) in [6, 6.07) is 27.9. The Morgan fingerprint density at radius 2 is 0.972 bits per heavy atom. The van der Waals surface area contributed by atoms with Crippen LogP contribution in [0.1, 0.15) is 56.2 Å². The summed E-state index contributed by atoms with van der Waals surface area (Å²) in [5.41, 5.74) is 9.35. The molecule has 0 N–H and O–H groups in total. The summed E-state index contributed by atoms with van der Waals surface area (Å²) in [6.07, 6.45) is 7.50. The van der Waals surface area contributed by atoms with E-state index in [4.69, 9.17) is 0 Å². The average molecular weight is 607 g/mol. The van der Waals surface area contributed by atoms with Crippen LogP contribution < -0.4 is 24.8 Å². The quantitative estimate of drug-likeness (QED) is 0.313. The maximum Gasteiger partial charge on any atom is -1.00 e. The molecule has 4 aromatic carbocycles. The first kappa shape index (κ1) is 27.6. The first-order valence-electron chi connectivity index (χ1n) is 12.7. The van der Waals surface area contributed by atoms with Crippen LogP contribution in [0.2, 0.25) is 13.1 Å². The van der Waals surface area contributed by atoms with Gasteiger partial charge in [0.1, 0.15) is 0 Å². The van der Waals surface area contributed by atoms with Crippen molar-refractivity contribution in [2.75, 3.05) is 0 Å². The third-order valence-electron chi connectivity index (χ3n) is 7.96. The van der Waals surface area contributed by atoms with E-state index in [1.807, 2.05) is 0 Å². The van der Waals surface area contributed by atoms with E-state index in [1.54, 1.807) is 22.3 Å². The molecule has 0 fully saturated rings. The second-order valence-electron chi connectivity index (χ2n) is 10.1. The predicted octanol–water partition coefficient (Wildman–Crippen LogP) is 3.27. The topological polar surface area (TPSA) is 0 Å². The molecular formula is C32H32Cl2SiZr. The molecule has 2 aliphatic rings. The second-order valence-corrected chi connectivity index (χ2v) is 28.0. The maximum atomic E-state index is 2.64. The molecule has 36 heavy (non-hydrogen) atoms. The smallest absolute Gasteiger partial charge is 1.00 e. The Morgan fingerprint density at radius 1 is 0.611 bits per heavy atom. The summed E-state index contributed by atoms with van der Waals surface area (Å²) < 4.78 is 1.43. The number of fused-ring (bicyclic) bond motifs is 4. The molecule has 0 amide bonds. The number of hydrogen-bond acceptors (Lipinski definition) is 0. The van der Waals surface area contributed by atoms with Gasteiger partial charge in [-0.2, -0.15) is 0 Å². The zero-order chi connectivity index (χ0) is 23.4. The van der Waals surface area contributed by atoms with E-state index in [-0.39, 0.29) is 24.8 Å². The van der Waals surface area contributed by atoms with Gasteiger partial charge in [-0.05, 0) is 0 Å². The molecule has 0 aliphatic heterocycles. The van der Waals surface area contributed by atoms with Crippen molar-refractivity contribution < 1.29 is 45.2 Å². The molecule has 4 heteroatoms. The van der Waals surface area contributed by atoms with Gasteiger partial charge >= 0.3 is 213 Å². The van der Waals surface area contributed by atoms with E-state index in [9.17, 15) is 0 Å². The van der Waals surface area contributed by atoms with Crippen molar-refractivity contribution in [1.29, 1.82) is 0 Å². The molecule has 182 valence electrons. The minimum atomic E-state index is -2.01. The fraction of sp³-hybridized carbons (Fsp3) is 0.250. The number of halogens is 2. The number of hydrogen-bond donors (Lipinski definition) is 0. The van der Waals surface area contributed by atoms with Crippen LogP contribution >= 0.6 is 0 Å². The molecule has 0 nitrogen and oxygen atoms in total. The van der Waals surface area contributed by atoms with Crippen molar-refractivity contribution in [1.82, 2.24) is 0 Å². The van der Waals surface area contributed by atoms with Crippen molar-refractivity contribution in [3.8, 4) is 0 Å². The third kappa shape index (κ3) is 4.54. The van der Waals surface area contributed by atoms with Gasteiger partial charge in [0.15, 0.2) is 0 Å². The van der Waals surface area contributed by atoms with Crippen molar-refractivity contribution in [2.24, 2.45) is 0 Å².